The fourth-order valence-corrected chi connectivity index (χ4v) is 1.19. The van der Waals surface area contributed by atoms with Gasteiger partial charge in [-0.15, -0.1) is 0 Å². The molecule has 1 aromatic heterocycles. The Morgan fingerprint density at radius 2 is 2.77 bits per heavy atom. The highest BCUT2D eigenvalue weighted by Crippen LogP contribution is 2.02. The van der Waals surface area contributed by atoms with Gasteiger partial charge in [0.05, 0.1) is 37.1 Å². The predicted molar refractivity (Wildman–Crippen MR) is 48.5 cm³/mol. The molecule has 0 aromatic carbocycles. The molecule has 1 aromatic rings. The maximum absolute atomic E-state index is 5.19. The average molecular weight is 180 g/mol. The van der Waals surface area contributed by atoms with Crippen molar-refractivity contribution < 1.29 is 4.74 Å². The van der Waals surface area contributed by atoms with Gasteiger partial charge in [0, 0.05) is 6.61 Å². The first-order chi connectivity index (χ1) is 6.45. The second-order valence-corrected chi connectivity index (χ2v) is 2.95. The van der Waals surface area contributed by atoms with Crippen molar-refractivity contribution >= 4 is 6.21 Å². The number of H-pyrrole nitrogens is 1. The van der Waals surface area contributed by atoms with Gasteiger partial charge >= 0.3 is 0 Å². The van der Waals surface area contributed by atoms with Crippen molar-refractivity contribution in [1.29, 1.82) is 0 Å². The van der Waals surface area contributed by atoms with E-state index in [-0.39, 0.29) is 0 Å². The topological polar surface area (TPSA) is 62.3 Å². The normalized spacial score (nSPS) is 22.6. The molecule has 0 aliphatic carbocycles. The molecule has 1 fully saturated rings. The molecule has 70 valence electrons. The fourth-order valence-electron chi connectivity index (χ4n) is 1.19. The van der Waals surface area contributed by atoms with E-state index in [4.69, 9.17) is 4.74 Å². The molecule has 2 heterocycles. The third-order valence-electron chi connectivity index (χ3n) is 1.91. The molecular formula is C8H12N4O. The minimum Gasteiger partial charge on any atom is -0.379 e. The van der Waals surface area contributed by atoms with Crippen LogP contribution in [0.4, 0.5) is 0 Å². The molecule has 1 aliphatic rings. The lowest BCUT2D eigenvalue weighted by atomic mass is 10.3. The number of nitrogens with zero attached hydrogens (tertiary/aromatic N) is 2. The molecule has 0 radical (unpaired) electrons. The van der Waals surface area contributed by atoms with Crippen LogP contribution in [0.2, 0.25) is 0 Å². The largest absolute Gasteiger partial charge is 0.379 e. The van der Waals surface area contributed by atoms with Crippen LogP contribution in [0.25, 0.3) is 0 Å². The second kappa shape index (κ2) is 4.04. The lowest BCUT2D eigenvalue weighted by Gasteiger charge is -2.04. The molecule has 2 N–H and O–H groups in total. The number of ether oxygens (including phenoxy) is 1. The molecular weight excluding hydrogens is 168 g/mol. The smallest absolute Gasteiger partial charge is 0.0924 e. The maximum atomic E-state index is 5.19. The van der Waals surface area contributed by atoms with Crippen molar-refractivity contribution in [3.05, 3.63) is 18.2 Å². The van der Waals surface area contributed by atoms with Crippen molar-refractivity contribution in [1.82, 2.24) is 15.4 Å². The van der Waals surface area contributed by atoms with Gasteiger partial charge in [-0.2, -0.15) is 5.10 Å². The first-order valence-electron chi connectivity index (χ1n) is 4.30. The van der Waals surface area contributed by atoms with Crippen LogP contribution in [-0.4, -0.2) is 35.4 Å². The molecule has 2 rings (SSSR count). The standard InChI is InChI=1S/C8H12N4O/c1-2-13-5-7(1)12-11-4-8-3-9-6-10-8/h3-4,6-7,12H,1-2,5H2,(H,9,10)/b11-4+. The van der Waals surface area contributed by atoms with Gasteiger partial charge in [-0.25, -0.2) is 4.98 Å². The third-order valence-corrected chi connectivity index (χ3v) is 1.91. The van der Waals surface area contributed by atoms with E-state index in [1.165, 1.54) is 0 Å². The van der Waals surface area contributed by atoms with Gasteiger partial charge in [0.2, 0.25) is 0 Å². The Bertz CT molecular complexity index is 264. The fraction of sp³-hybridized carbons (Fsp3) is 0.500. The van der Waals surface area contributed by atoms with Crippen molar-refractivity contribution in [3.63, 3.8) is 0 Å². The number of hydrogen-bond acceptors (Lipinski definition) is 4. The Morgan fingerprint density at radius 1 is 1.77 bits per heavy atom. The summed E-state index contributed by atoms with van der Waals surface area (Å²) in [4.78, 5) is 6.80. The summed E-state index contributed by atoms with van der Waals surface area (Å²) in [5.41, 5.74) is 3.91. The third kappa shape index (κ3) is 2.29. The molecule has 1 saturated heterocycles. The SMILES string of the molecule is C(=N\NC1CCOC1)/c1cnc[nH]1. The molecule has 1 atom stereocenters. The summed E-state index contributed by atoms with van der Waals surface area (Å²) in [5.74, 6) is 0. The summed E-state index contributed by atoms with van der Waals surface area (Å²) >= 11 is 0. The van der Waals surface area contributed by atoms with E-state index >= 15 is 0 Å². The van der Waals surface area contributed by atoms with Gasteiger partial charge in [-0.1, -0.05) is 0 Å². The quantitative estimate of drug-likeness (QED) is 0.513. The highest BCUT2D eigenvalue weighted by atomic mass is 16.5. The van der Waals surface area contributed by atoms with Crippen LogP contribution in [0.1, 0.15) is 12.1 Å². The first kappa shape index (κ1) is 8.25. The van der Waals surface area contributed by atoms with Crippen LogP contribution in [0.15, 0.2) is 17.6 Å². The van der Waals surface area contributed by atoms with Crippen LogP contribution in [0.5, 0.6) is 0 Å². The van der Waals surface area contributed by atoms with E-state index in [2.05, 4.69) is 20.5 Å². The molecule has 0 amide bonds. The summed E-state index contributed by atoms with van der Waals surface area (Å²) in [5, 5.41) is 4.07. The van der Waals surface area contributed by atoms with Gasteiger partial charge in [0.25, 0.3) is 0 Å². The number of imidazole rings is 1. The Hall–Kier alpha value is -1.36. The molecule has 0 spiro atoms. The molecule has 0 bridgehead atoms. The first-order valence-corrected chi connectivity index (χ1v) is 4.30. The minimum absolute atomic E-state index is 0.360. The van der Waals surface area contributed by atoms with E-state index < -0.39 is 0 Å². The molecule has 13 heavy (non-hydrogen) atoms. The maximum Gasteiger partial charge on any atom is 0.0924 e. The van der Waals surface area contributed by atoms with Crippen LogP contribution < -0.4 is 5.43 Å². The van der Waals surface area contributed by atoms with Crippen LogP contribution in [-0.2, 0) is 4.74 Å². The number of aromatic nitrogens is 2. The Kier molecular flexibility index (Phi) is 2.56. The lowest BCUT2D eigenvalue weighted by Crippen LogP contribution is -2.24. The molecule has 1 aliphatic heterocycles. The number of rotatable bonds is 3. The van der Waals surface area contributed by atoms with Gasteiger partial charge in [0.1, 0.15) is 0 Å². The zero-order chi connectivity index (χ0) is 8.93. The van der Waals surface area contributed by atoms with E-state index in [0.29, 0.717) is 6.04 Å². The Balaban J connectivity index is 1.78. The predicted octanol–water partition coefficient (Wildman–Crippen LogP) is 0.122. The van der Waals surface area contributed by atoms with Crippen LogP contribution in [0, 0.1) is 0 Å². The Morgan fingerprint density at radius 3 is 3.46 bits per heavy atom. The van der Waals surface area contributed by atoms with E-state index in [1.807, 2.05) is 0 Å². The van der Waals surface area contributed by atoms with Gasteiger partial charge in [-0.3, -0.25) is 0 Å². The highest BCUT2D eigenvalue weighted by Gasteiger charge is 2.13. The van der Waals surface area contributed by atoms with E-state index in [9.17, 15) is 0 Å². The average Bonchev–Trinajstić information content (AvgIpc) is 2.75. The number of aromatic amines is 1. The number of hydrazone groups is 1. The molecule has 0 saturated carbocycles. The van der Waals surface area contributed by atoms with E-state index in [1.54, 1.807) is 18.7 Å². The van der Waals surface area contributed by atoms with Gasteiger partial charge < -0.3 is 15.1 Å². The highest BCUT2D eigenvalue weighted by molar-refractivity contribution is 5.76. The molecule has 5 heteroatoms. The van der Waals surface area contributed by atoms with Crippen molar-refractivity contribution in [2.45, 2.75) is 12.5 Å². The zero-order valence-electron chi connectivity index (χ0n) is 7.23. The Labute approximate surface area is 76.2 Å². The molecule has 5 nitrogen and oxygen atoms in total. The summed E-state index contributed by atoms with van der Waals surface area (Å²) in [6.45, 7) is 1.58. The summed E-state index contributed by atoms with van der Waals surface area (Å²) in [6, 6.07) is 0.360. The summed E-state index contributed by atoms with van der Waals surface area (Å²) < 4.78 is 5.19. The lowest BCUT2D eigenvalue weighted by molar-refractivity contribution is 0.190. The van der Waals surface area contributed by atoms with Crippen molar-refractivity contribution in [2.24, 2.45) is 5.10 Å². The van der Waals surface area contributed by atoms with Crippen molar-refractivity contribution in [3.8, 4) is 0 Å². The van der Waals surface area contributed by atoms with Crippen molar-refractivity contribution in [2.75, 3.05) is 13.2 Å². The zero-order valence-corrected chi connectivity index (χ0v) is 7.23. The van der Waals surface area contributed by atoms with Crippen LogP contribution in [0.3, 0.4) is 0 Å². The second-order valence-electron chi connectivity index (χ2n) is 2.95. The van der Waals surface area contributed by atoms with Crippen LogP contribution >= 0.6 is 0 Å². The van der Waals surface area contributed by atoms with Gasteiger partial charge in [-0.05, 0) is 6.42 Å². The van der Waals surface area contributed by atoms with E-state index in [0.717, 1.165) is 25.3 Å². The number of nitrogens with one attached hydrogen (secondary N) is 2. The summed E-state index contributed by atoms with van der Waals surface area (Å²) in [6.07, 6.45) is 6.09. The molecule has 1 unspecified atom stereocenters. The number of hydrogen-bond donors (Lipinski definition) is 2. The monoisotopic (exact) mass is 180 g/mol. The summed E-state index contributed by atoms with van der Waals surface area (Å²) in [7, 11) is 0. The minimum atomic E-state index is 0.360. The van der Waals surface area contributed by atoms with Gasteiger partial charge in [0.15, 0.2) is 0 Å².